The van der Waals surface area contributed by atoms with E-state index in [9.17, 15) is 19.5 Å². The molecule has 1 spiro atoms. The Hall–Kier alpha value is -2.19. The number of carbonyl (C=O) groups is 3. The molecule has 3 amide bonds. The number of carbonyl (C=O) groups excluding carboxylic acids is 3. The van der Waals surface area contributed by atoms with E-state index in [-0.39, 0.29) is 30.2 Å². The molecule has 35 heavy (non-hydrogen) atoms. The molecular formula is C27H41N3O5. The number of likely N-dealkylation sites (tertiary alicyclic amines) is 1. The van der Waals surface area contributed by atoms with Crippen LogP contribution in [0, 0.1) is 17.8 Å². The fraction of sp³-hybridized carbons (Fsp3) is 0.741. The number of likely N-dealkylation sites (N-methyl/N-ethyl adjacent to an activating group) is 1. The molecule has 1 N–H and O–H groups in total. The molecule has 0 aromatic rings. The Morgan fingerprint density at radius 2 is 1.71 bits per heavy atom. The van der Waals surface area contributed by atoms with Crippen molar-refractivity contribution in [3.8, 4) is 0 Å². The monoisotopic (exact) mass is 487 g/mol. The Bertz CT molecular complexity index is 953. The summed E-state index contributed by atoms with van der Waals surface area (Å²) in [7, 11) is 1.74. The Kier molecular flexibility index (Phi) is 6.46. The molecule has 0 radical (unpaired) electrons. The Labute approximate surface area is 208 Å². The highest BCUT2D eigenvalue weighted by Crippen LogP contribution is 2.59. The molecule has 0 bridgehead atoms. The summed E-state index contributed by atoms with van der Waals surface area (Å²) in [5.74, 6) is -2.00. The number of nitrogens with zero attached hydrogens (tertiary/aromatic N) is 3. The number of amides is 3. The van der Waals surface area contributed by atoms with Gasteiger partial charge in [-0.15, -0.1) is 0 Å². The first-order valence-corrected chi connectivity index (χ1v) is 12.9. The molecule has 2 fully saturated rings. The van der Waals surface area contributed by atoms with Crippen LogP contribution in [0.1, 0.15) is 54.4 Å². The number of aliphatic hydroxyl groups is 1. The third-order valence-corrected chi connectivity index (χ3v) is 8.24. The lowest BCUT2D eigenvalue weighted by Gasteiger charge is -2.43. The van der Waals surface area contributed by atoms with E-state index < -0.39 is 40.7 Å². The topological polar surface area (TPSA) is 90.4 Å². The zero-order valence-electron chi connectivity index (χ0n) is 22.2. The normalized spacial score (nSPS) is 35.9. The molecule has 0 aliphatic carbocycles. The zero-order chi connectivity index (χ0) is 25.9. The zero-order valence-corrected chi connectivity index (χ0v) is 22.2. The second-order valence-corrected chi connectivity index (χ2v) is 12.0. The molecule has 4 rings (SSSR count). The maximum atomic E-state index is 14.4. The van der Waals surface area contributed by atoms with Crippen LogP contribution in [-0.4, -0.2) is 93.1 Å². The number of fused-ring (bicyclic) bond motifs is 2. The van der Waals surface area contributed by atoms with Crippen LogP contribution >= 0.6 is 0 Å². The standard InChI is InChI=1S/C27H41N3O5/c1-8-26-11-9-13-28(7)22(32)19(26)20-23(33)30(18(16-31)15-17(2)3)21-24(34)29(25(4,5)6)14-10-12-27(20,21)35-26/h9-12,17-21,31H,8,13-16H2,1-7H3/t18-,19-,20+,21?,26+,27+/m1/s1. The van der Waals surface area contributed by atoms with Crippen molar-refractivity contribution in [2.75, 3.05) is 26.7 Å². The minimum absolute atomic E-state index is 0.144. The molecule has 4 heterocycles. The van der Waals surface area contributed by atoms with Crippen molar-refractivity contribution >= 4 is 17.7 Å². The SMILES string of the molecule is CC[C@]12C=CCN(C)C(=O)[C@H]1[C@H]1C(=O)N([C@@H](CO)CC(C)C)C3C(=O)N(C(C)(C)C)CC=C[C@@]31O2. The molecule has 4 aliphatic heterocycles. The third-order valence-electron chi connectivity index (χ3n) is 8.24. The Morgan fingerprint density at radius 3 is 2.29 bits per heavy atom. The summed E-state index contributed by atoms with van der Waals surface area (Å²) in [5, 5.41) is 10.4. The van der Waals surface area contributed by atoms with Gasteiger partial charge in [-0.05, 0) is 39.5 Å². The fourth-order valence-electron chi connectivity index (χ4n) is 6.64. The summed E-state index contributed by atoms with van der Waals surface area (Å²) >= 11 is 0. The quantitative estimate of drug-likeness (QED) is 0.599. The van der Waals surface area contributed by atoms with E-state index in [2.05, 4.69) is 0 Å². The van der Waals surface area contributed by atoms with Gasteiger partial charge in [0.2, 0.25) is 17.7 Å². The van der Waals surface area contributed by atoms with Crippen LogP contribution in [0.25, 0.3) is 0 Å². The molecule has 6 atom stereocenters. The minimum Gasteiger partial charge on any atom is -0.394 e. The number of hydrogen-bond donors (Lipinski definition) is 1. The number of ether oxygens (including phenoxy) is 1. The van der Waals surface area contributed by atoms with E-state index >= 15 is 0 Å². The first kappa shape index (κ1) is 25.9. The lowest BCUT2D eigenvalue weighted by Crippen LogP contribution is -2.61. The predicted molar refractivity (Wildman–Crippen MR) is 132 cm³/mol. The van der Waals surface area contributed by atoms with E-state index in [0.29, 0.717) is 25.9 Å². The van der Waals surface area contributed by atoms with E-state index in [1.165, 1.54) is 0 Å². The second-order valence-electron chi connectivity index (χ2n) is 12.0. The van der Waals surface area contributed by atoms with Crippen LogP contribution < -0.4 is 0 Å². The molecule has 0 saturated carbocycles. The highest BCUT2D eigenvalue weighted by atomic mass is 16.5. The van der Waals surface area contributed by atoms with E-state index in [0.717, 1.165) is 0 Å². The van der Waals surface area contributed by atoms with Gasteiger partial charge in [0.15, 0.2) is 0 Å². The molecule has 8 nitrogen and oxygen atoms in total. The van der Waals surface area contributed by atoms with Gasteiger partial charge in [0.05, 0.1) is 30.1 Å². The molecule has 4 aliphatic rings. The maximum absolute atomic E-state index is 14.4. The van der Waals surface area contributed by atoms with E-state index in [4.69, 9.17) is 4.74 Å². The molecule has 8 heteroatoms. The Morgan fingerprint density at radius 1 is 1.06 bits per heavy atom. The van der Waals surface area contributed by atoms with Gasteiger partial charge in [0.1, 0.15) is 11.6 Å². The molecule has 0 aromatic carbocycles. The van der Waals surface area contributed by atoms with Crippen LogP contribution in [0.15, 0.2) is 24.3 Å². The first-order chi connectivity index (χ1) is 16.3. The van der Waals surface area contributed by atoms with Crippen LogP contribution in [0.5, 0.6) is 0 Å². The van der Waals surface area contributed by atoms with Crippen LogP contribution in [-0.2, 0) is 19.1 Å². The van der Waals surface area contributed by atoms with Crippen molar-refractivity contribution in [2.24, 2.45) is 17.8 Å². The smallest absolute Gasteiger partial charge is 0.249 e. The molecule has 2 saturated heterocycles. The number of aliphatic hydroxyl groups excluding tert-OH is 1. The van der Waals surface area contributed by atoms with Gasteiger partial charge in [0.25, 0.3) is 0 Å². The second kappa shape index (κ2) is 8.73. The summed E-state index contributed by atoms with van der Waals surface area (Å²) in [6.45, 7) is 12.5. The molecule has 1 unspecified atom stereocenters. The average molecular weight is 488 g/mol. The minimum atomic E-state index is -1.28. The molecular weight excluding hydrogens is 446 g/mol. The number of rotatable bonds is 5. The summed E-state index contributed by atoms with van der Waals surface area (Å²) in [5.41, 5.74) is -2.73. The van der Waals surface area contributed by atoms with Gasteiger partial charge < -0.3 is 24.5 Å². The molecule has 0 aromatic heterocycles. The van der Waals surface area contributed by atoms with Crippen LogP contribution in [0.2, 0.25) is 0 Å². The summed E-state index contributed by atoms with van der Waals surface area (Å²) in [4.78, 5) is 47.4. The fourth-order valence-corrected chi connectivity index (χ4v) is 6.64. The van der Waals surface area contributed by atoms with Crippen LogP contribution in [0.4, 0.5) is 0 Å². The van der Waals surface area contributed by atoms with Crippen molar-refractivity contribution in [3.63, 3.8) is 0 Å². The van der Waals surface area contributed by atoms with Gasteiger partial charge in [-0.25, -0.2) is 0 Å². The largest absolute Gasteiger partial charge is 0.394 e. The summed E-state index contributed by atoms with van der Waals surface area (Å²) < 4.78 is 6.92. The van der Waals surface area contributed by atoms with Gasteiger partial charge in [-0.1, -0.05) is 45.1 Å². The van der Waals surface area contributed by atoms with Crippen molar-refractivity contribution in [2.45, 2.75) is 83.2 Å². The van der Waals surface area contributed by atoms with Gasteiger partial charge in [0, 0.05) is 25.7 Å². The highest BCUT2D eigenvalue weighted by molar-refractivity contribution is 6.00. The van der Waals surface area contributed by atoms with Gasteiger partial charge >= 0.3 is 0 Å². The van der Waals surface area contributed by atoms with E-state index in [1.807, 2.05) is 65.8 Å². The number of hydrogen-bond acceptors (Lipinski definition) is 5. The predicted octanol–water partition coefficient (Wildman–Crippen LogP) is 1.98. The average Bonchev–Trinajstić information content (AvgIpc) is 3.07. The third kappa shape index (κ3) is 3.75. The van der Waals surface area contributed by atoms with Crippen molar-refractivity contribution in [1.29, 1.82) is 0 Å². The Balaban J connectivity index is 1.94. The lowest BCUT2D eigenvalue weighted by atomic mass is 9.73. The summed E-state index contributed by atoms with van der Waals surface area (Å²) in [6.07, 6.45) is 8.70. The van der Waals surface area contributed by atoms with Gasteiger partial charge in [-0.3, -0.25) is 14.4 Å². The van der Waals surface area contributed by atoms with Crippen molar-refractivity contribution in [1.82, 2.24) is 14.7 Å². The van der Waals surface area contributed by atoms with Crippen molar-refractivity contribution < 1.29 is 24.2 Å². The van der Waals surface area contributed by atoms with Crippen LogP contribution in [0.3, 0.4) is 0 Å². The van der Waals surface area contributed by atoms with Crippen molar-refractivity contribution in [3.05, 3.63) is 24.3 Å². The maximum Gasteiger partial charge on any atom is 0.249 e. The van der Waals surface area contributed by atoms with Gasteiger partial charge in [-0.2, -0.15) is 0 Å². The summed E-state index contributed by atoms with van der Waals surface area (Å²) in [6, 6.07) is -1.49. The highest BCUT2D eigenvalue weighted by Gasteiger charge is 2.76. The van der Waals surface area contributed by atoms with E-state index in [1.54, 1.807) is 21.7 Å². The first-order valence-electron chi connectivity index (χ1n) is 12.9. The lowest BCUT2D eigenvalue weighted by molar-refractivity contribution is -0.159. The molecule has 194 valence electrons.